The minimum Gasteiger partial charge on any atom is -0.490 e. The van der Waals surface area contributed by atoms with Gasteiger partial charge in [-0.25, -0.2) is 0 Å². The number of aromatic nitrogens is 2. The Morgan fingerprint density at radius 2 is 1.91 bits per heavy atom. The van der Waals surface area contributed by atoms with Crippen molar-refractivity contribution in [3.05, 3.63) is 46.7 Å². The summed E-state index contributed by atoms with van der Waals surface area (Å²) in [5.74, 6) is 0.446. The number of aryl methyl sites for hydroxylation is 2. The van der Waals surface area contributed by atoms with Crippen LogP contribution in [0.25, 0.3) is 0 Å². The SMILES string of the molecule is Cc1cc(OC[C@@]2(CC(=O)N3CCOCC3)CN(C(=O)c3ccnn3C)CCO2)ccc1Cl. The van der Waals surface area contributed by atoms with Gasteiger partial charge >= 0.3 is 0 Å². The summed E-state index contributed by atoms with van der Waals surface area (Å²) in [6.45, 7) is 5.13. The van der Waals surface area contributed by atoms with Crippen LogP contribution in [0.1, 0.15) is 22.5 Å². The lowest BCUT2D eigenvalue weighted by atomic mass is 9.96. The summed E-state index contributed by atoms with van der Waals surface area (Å²) in [4.78, 5) is 29.8. The molecule has 0 bridgehead atoms. The summed E-state index contributed by atoms with van der Waals surface area (Å²) in [6, 6.07) is 7.10. The molecular weight excluding hydrogens is 448 g/mol. The van der Waals surface area contributed by atoms with E-state index < -0.39 is 5.60 Å². The number of hydrogen-bond acceptors (Lipinski definition) is 6. The highest BCUT2D eigenvalue weighted by molar-refractivity contribution is 6.31. The zero-order chi connectivity index (χ0) is 23.4. The average molecular weight is 477 g/mol. The standard InChI is InChI=1S/C23H29ClN4O5/c1-17-13-18(3-4-19(17)24)32-16-23(14-21(29)27-7-10-31-11-8-27)15-28(9-12-33-23)22(30)20-5-6-25-26(20)2/h3-6,13H,7-12,14-16H2,1-2H3/t23-/m1/s1. The normalized spacial score (nSPS) is 21.2. The molecule has 178 valence electrons. The molecule has 0 aliphatic carbocycles. The van der Waals surface area contributed by atoms with Gasteiger partial charge in [0.1, 0.15) is 23.7 Å². The number of amides is 2. The molecule has 2 fully saturated rings. The van der Waals surface area contributed by atoms with Gasteiger partial charge in [-0.05, 0) is 36.8 Å². The molecule has 0 radical (unpaired) electrons. The van der Waals surface area contributed by atoms with Gasteiger partial charge in [0.15, 0.2) is 0 Å². The van der Waals surface area contributed by atoms with Gasteiger partial charge in [-0.3, -0.25) is 14.3 Å². The maximum Gasteiger partial charge on any atom is 0.272 e. The van der Waals surface area contributed by atoms with E-state index in [4.69, 9.17) is 25.8 Å². The first kappa shape index (κ1) is 23.5. The van der Waals surface area contributed by atoms with Crippen LogP contribution in [0, 0.1) is 6.92 Å². The number of halogens is 1. The van der Waals surface area contributed by atoms with Crippen LogP contribution in [0.2, 0.25) is 5.02 Å². The van der Waals surface area contributed by atoms with E-state index in [2.05, 4.69) is 5.10 Å². The maximum atomic E-state index is 13.2. The molecule has 10 heteroatoms. The smallest absolute Gasteiger partial charge is 0.272 e. The Kier molecular flexibility index (Phi) is 7.21. The first-order valence-corrected chi connectivity index (χ1v) is 11.4. The van der Waals surface area contributed by atoms with E-state index in [1.54, 1.807) is 45.9 Å². The van der Waals surface area contributed by atoms with E-state index in [1.165, 1.54) is 0 Å². The minimum absolute atomic E-state index is 0.0379. The van der Waals surface area contributed by atoms with Crippen LogP contribution in [0.4, 0.5) is 0 Å². The summed E-state index contributed by atoms with van der Waals surface area (Å²) >= 11 is 6.14. The number of carbonyl (C=O) groups excluding carboxylic acids is 2. The highest BCUT2D eigenvalue weighted by Crippen LogP contribution is 2.28. The van der Waals surface area contributed by atoms with Crippen molar-refractivity contribution < 1.29 is 23.8 Å². The van der Waals surface area contributed by atoms with Crippen molar-refractivity contribution >= 4 is 23.4 Å². The van der Waals surface area contributed by atoms with E-state index in [1.807, 2.05) is 13.0 Å². The molecule has 2 aliphatic rings. The van der Waals surface area contributed by atoms with E-state index >= 15 is 0 Å². The Labute approximate surface area is 198 Å². The van der Waals surface area contributed by atoms with Gasteiger partial charge in [-0.1, -0.05) is 11.6 Å². The van der Waals surface area contributed by atoms with E-state index in [0.717, 1.165) is 5.56 Å². The average Bonchev–Trinajstić information content (AvgIpc) is 3.26. The molecule has 2 saturated heterocycles. The van der Waals surface area contributed by atoms with E-state index in [-0.39, 0.29) is 31.4 Å². The largest absolute Gasteiger partial charge is 0.490 e. The summed E-state index contributed by atoms with van der Waals surface area (Å²) in [7, 11) is 1.73. The van der Waals surface area contributed by atoms with E-state index in [0.29, 0.717) is 55.9 Å². The van der Waals surface area contributed by atoms with Crippen LogP contribution in [-0.2, 0) is 21.3 Å². The monoisotopic (exact) mass is 476 g/mol. The molecule has 33 heavy (non-hydrogen) atoms. The lowest BCUT2D eigenvalue weighted by molar-refractivity contribution is -0.155. The lowest BCUT2D eigenvalue weighted by Gasteiger charge is -2.43. The highest BCUT2D eigenvalue weighted by atomic mass is 35.5. The van der Waals surface area contributed by atoms with Crippen molar-refractivity contribution in [2.24, 2.45) is 7.05 Å². The second-order valence-electron chi connectivity index (χ2n) is 8.47. The summed E-state index contributed by atoms with van der Waals surface area (Å²) in [6.07, 6.45) is 1.70. The molecule has 9 nitrogen and oxygen atoms in total. The van der Waals surface area contributed by atoms with E-state index in [9.17, 15) is 9.59 Å². The van der Waals surface area contributed by atoms with Gasteiger partial charge in [-0.15, -0.1) is 0 Å². The molecule has 0 unspecified atom stereocenters. The van der Waals surface area contributed by atoms with Crippen LogP contribution >= 0.6 is 11.6 Å². The van der Waals surface area contributed by atoms with Gasteiger partial charge in [-0.2, -0.15) is 5.10 Å². The molecule has 0 saturated carbocycles. The van der Waals surface area contributed by atoms with Crippen molar-refractivity contribution in [1.82, 2.24) is 19.6 Å². The maximum absolute atomic E-state index is 13.2. The predicted octanol–water partition coefficient (Wildman–Crippen LogP) is 1.92. The highest BCUT2D eigenvalue weighted by Gasteiger charge is 2.43. The van der Waals surface area contributed by atoms with Crippen molar-refractivity contribution in [2.45, 2.75) is 18.9 Å². The quantitative estimate of drug-likeness (QED) is 0.633. The Hall–Kier alpha value is -2.62. The summed E-state index contributed by atoms with van der Waals surface area (Å²) in [5, 5.41) is 4.75. The Balaban J connectivity index is 1.54. The molecule has 4 rings (SSSR count). The first-order valence-electron chi connectivity index (χ1n) is 11.0. The van der Waals surface area contributed by atoms with Crippen LogP contribution in [0.3, 0.4) is 0 Å². The Bertz CT molecular complexity index is 1010. The molecule has 3 heterocycles. The Morgan fingerprint density at radius 3 is 2.61 bits per heavy atom. The van der Waals surface area contributed by atoms with Crippen LogP contribution in [-0.4, -0.2) is 89.6 Å². The topological polar surface area (TPSA) is 86.1 Å². The zero-order valence-electron chi connectivity index (χ0n) is 19.0. The van der Waals surface area contributed by atoms with Crippen molar-refractivity contribution in [1.29, 1.82) is 0 Å². The second-order valence-corrected chi connectivity index (χ2v) is 8.88. The number of hydrogen-bond donors (Lipinski definition) is 0. The summed E-state index contributed by atoms with van der Waals surface area (Å²) in [5.41, 5.74) is 0.403. The molecule has 2 amide bonds. The number of nitrogens with zero attached hydrogens (tertiary/aromatic N) is 4. The van der Waals surface area contributed by atoms with Crippen LogP contribution in [0.15, 0.2) is 30.5 Å². The van der Waals surface area contributed by atoms with Gasteiger partial charge in [0.05, 0.1) is 32.8 Å². The third kappa shape index (κ3) is 5.48. The van der Waals surface area contributed by atoms with Crippen molar-refractivity contribution in [3.63, 3.8) is 0 Å². The van der Waals surface area contributed by atoms with Crippen molar-refractivity contribution in [3.8, 4) is 5.75 Å². The van der Waals surface area contributed by atoms with Gasteiger partial charge in [0, 0.05) is 37.9 Å². The van der Waals surface area contributed by atoms with Crippen molar-refractivity contribution in [2.75, 3.05) is 52.6 Å². The molecule has 0 N–H and O–H groups in total. The van der Waals surface area contributed by atoms with Gasteiger partial charge in [0.2, 0.25) is 5.91 Å². The summed E-state index contributed by atoms with van der Waals surface area (Å²) < 4.78 is 19.2. The molecule has 0 spiro atoms. The van der Waals surface area contributed by atoms with Gasteiger partial charge in [0.25, 0.3) is 5.91 Å². The third-order valence-corrected chi connectivity index (χ3v) is 6.47. The fourth-order valence-corrected chi connectivity index (χ4v) is 4.25. The lowest BCUT2D eigenvalue weighted by Crippen LogP contribution is -2.59. The number of benzene rings is 1. The van der Waals surface area contributed by atoms with Crippen LogP contribution in [0.5, 0.6) is 5.75 Å². The molecule has 1 aromatic heterocycles. The number of morpholine rings is 2. The molecular formula is C23H29ClN4O5. The van der Waals surface area contributed by atoms with Gasteiger partial charge < -0.3 is 24.0 Å². The fourth-order valence-electron chi connectivity index (χ4n) is 4.13. The van der Waals surface area contributed by atoms with Crippen LogP contribution < -0.4 is 4.74 Å². The minimum atomic E-state index is -0.977. The number of rotatable bonds is 6. The third-order valence-electron chi connectivity index (χ3n) is 6.04. The fraction of sp³-hybridized carbons (Fsp3) is 0.522. The number of ether oxygens (including phenoxy) is 3. The molecule has 2 aliphatic heterocycles. The zero-order valence-corrected chi connectivity index (χ0v) is 19.7. The first-order chi connectivity index (χ1) is 15.9. The Morgan fingerprint density at radius 1 is 1.15 bits per heavy atom. The second kappa shape index (κ2) is 10.1. The predicted molar refractivity (Wildman–Crippen MR) is 121 cm³/mol. The molecule has 1 atom stereocenters. The molecule has 1 aromatic carbocycles. The number of carbonyl (C=O) groups is 2. The molecule has 2 aromatic rings.